The monoisotopic (exact) mass is 313 g/mol. The molecule has 0 aromatic carbocycles. The van der Waals surface area contributed by atoms with Crippen LogP contribution < -0.4 is 11.0 Å². The van der Waals surface area contributed by atoms with Crippen LogP contribution in [0.3, 0.4) is 0 Å². The first kappa shape index (κ1) is 16.6. The molecule has 1 aliphatic heterocycles. The Morgan fingerprint density at radius 1 is 1.45 bits per heavy atom. The molecular weight excluding hydrogens is 294 g/mol. The largest absolute Gasteiger partial charge is 0.394 e. The maximum absolute atomic E-state index is 12.0. The van der Waals surface area contributed by atoms with Crippen LogP contribution in [0, 0.1) is 0 Å². The van der Waals surface area contributed by atoms with Crippen LogP contribution in [0.2, 0.25) is 0 Å². The molecule has 0 spiro atoms. The first-order chi connectivity index (χ1) is 10.5. The van der Waals surface area contributed by atoms with Gasteiger partial charge in [0.15, 0.2) is 6.23 Å². The van der Waals surface area contributed by atoms with Crippen LogP contribution >= 0.6 is 0 Å². The molecule has 2 heterocycles. The number of hydrogen-bond acceptors (Lipinski definition) is 7. The number of carbonyl (C=O) groups is 1. The molecule has 4 atom stereocenters. The molecule has 0 unspecified atom stereocenters. The van der Waals surface area contributed by atoms with Gasteiger partial charge in [-0.25, -0.2) is 4.79 Å². The number of nitrogens with one attached hydrogen (secondary N) is 1. The van der Waals surface area contributed by atoms with E-state index in [1.54, 1.807) is 0 Å². The number of anilines is 1. The van der Waals surface area contributed by atoms with E-state index in [1.807, 2.05) is 6.92 Å². The molecular formula is C13H19N3O6. The van der Waals surface area contributed by atoms with Crippen molar-refractivity contribution >= 4 is 11.7 Å². The average Bonchev–Trinajstić information content (AvgIpc) is 2.75. The molecule has 4 N–H and O–H groups in total. The minimum absolute atomic E-state index is 0.103. The first-order valence-corrected chi connectivity index (χ1v) is 6.99. The summed E-state index contributed by atoms with van der Waals surface area (Å²) in [6, 6.07) is 1.39. The summed E-state index contributed by atoms with van der Waals surface area (Å²) >= 11 is 0. The van der Waals surface area contributed by atoms with E-state index in [0.717, 1.165) is 4.57 Å². The van der Waals surface area contributed by atoms with E-state index in [-0.39, 0.29) is 11.7 Å². The van der Waals surface area contributed by atoms with Crippen molar-refractivity contribution in [2.75, 3.05) is 11.9 Å². The Labute approximate surface area is 126 Å². The molecule has 122 valence electrons. The van der Waals surface area contributed by atoms with Crippen LogP contribution in [-0.2, 0) is 9.53 Å². The molecule has 0 radical (unpaired) electrons. The lowest BCUT2D eigenvalue weighted by molar-refractivity contribution is -0.116. The maximum Gasteiger partial charge on any atom is 0.351 e. The third kappa shape index (κ3) is 3.33. The van der Waals surface area contributed by atoms with Gasteiger partial charge in [0.05, 0.1) is 6.61 Å². The van der Waals surface area contributed by atoms with E-state index < -0.39 is 36.8 Å². The van der Waals surface area contributed by atoms with Gasteiger partial charge in [-0.1, -0.05) is 6.92 Å². The Morgan fingerprint density at radius 3 is 2.73 bits per heavy atom. The van der Waals surface area contributed by atoms with Crippen molar-refractivity contribution in [2.45, 2.75) is 44.3 Å². The zero-order chi connectivity index (χ0) is 16.3. The van der Waals surface area contributed by atoms with Crippen LogP contribution in [0.1, 0.15) is 26.0 Å². The van der Waals surface area contributed by atoms with Crippen molar-refractivity contribution in [1.82, 2.24) is 9.55 Å². The Hall–Kier alpha value is -1.81. The molecule has 1 fully saturated rings. The van der Waals surface area contributed by atoms with Gasteiger partial charge in [0.2, 0.25) is 5.91 Å². The Morgan fingerprint density at radius 2 is 2.18 bits per heavy atom. The number of aromatic nitrogens is 2. The van der Waals surface area contributed by atoms with Crippen LogP contribution in [0.5, 0.6) is 0 Å². The maximum atomic E-state index is 12.0. The normalized spacial score (nSPS) is 27.8. The van der Waals surface area contributed by atoms with Crippen LogP contribution in [0.4, 0.5) is 5.82 Å². The molecule has 1 aliphatic rings. The van der Waals surface area contributed by atoms with Gasteiger partial charge in [0, 0.05) is 12.6 Å². The summed E-state index contributed by atoms with van der Waals surface area (Å²) in [5, 5.41) is 31.1. The van der Waals surface area contributed by atoms with Crippen molar-refractivity contribution in [3.8, 4) is 0 Å². The van der Waals surface area contributed by atoms with E-state index in [4.69, 9.17) is 9.84 Å². The quantitative estimate of drug-likeness (QED) is 0.525. The lowest BCUT2D eigenvalue weighted by Crippen LogP contribution is -2.36. The summed E-state index contributed by atoms with van der Waals surface area (Å²) < 4.78 is 6.25. The number of rotatable bonds is 5. The summed E-state index contributed by atoms with van der Waals surface area (Å²) in [4.78, 5) is 27.1. The summed E-state index contributed by atoms with van der Waals surface area (Å²) in [5.74, 6) is -0.147. The van der Waals surface area contributed by atoms with Crippen LogP contribution in [0.15, 0.2) is 17.1 Å². The van der Waals surface area contributed by atoms with Crippen molar-refractivity contribution in [3.05, 3.63) is 22.7 Å². The number of carbonyl (C=O) groups excluding carboxylic acids is 1. The molecule has 1 amide bonds. The number of ether oxygens (including phenoxy) is 1. The van der Waals surface area contributed by atoms with E-state index in [0.29, 0.717) is 12.8 Å². The average molecular weight is 313 g/mol. The van der Waals surface area contributed by atoms with Crippen molar-refractivity contribution in [3.63, 3.8) is 0 Å². The lowest BCUT2D eigenvalue weighted by atomic mass is 10.1. The highest BCUT2D eigenvalue weighted by Gasteiger charge is 2.43. The Balaban J connectivity index is 2.17. The third-order valence-corrected chi connectivity index (χ3v) is 3.37. The van der Waals surface area contributed by atoms with Crippen molar-refractivity contribution in [1.29, 1.82) is 0 Å². The molecule has 9 nitrogen and oxygen atoms in total. The van der Waals surface area contributed by atoms with Gasteiger partial charge in [-0.2, -0.15) is 4.98 Å². The smallest absolute Gasteiger partial charge is 0.351 e. The number of aliphatic hydroxyl groups excluding tert-OH is 3. The fraction of sp³-hybridized carbons (Fsp3) is 0.615. The van der Waals surface area contributed by atoms with Gasteiger partial charge in [0.25, 0.3) is 0 Å². The molecule has 0 saturated carbocycles. The van der Waals surface area contributed by atoms with Gasteiger partial charge in [0.1, 0.15) is 24.1 Å². The zero-order valence-corrected chi connectivity index (χ0v) is 12.0. The van der Waals surface area contributed by atoms with E-state index in [9.17, 15) is 19.8 Å². The Bertz CT molecular complexity index is 589. The molecule has 9 heteroatoms. The van der Waals surface area contributed by atoms with Crippen LogP contribution in [0.25, 0.3) is 0 Å². The zero-order valence-electron chi connectivity index (χ0n) is 12.0. The summed E-state index contributed by atoms with van der Waals surface area (Å²) in [7, 11) is 0. The number of nitrogens with zero attached hydrogens (tertiary/aromatic N) is 2. The van der Waals surface area contributed by atoms with E-state index in [2.05, 4.69) is 10.3 Å². The predicted molar refractivity (Wildman–Crippen MR) is 75.0 cm³/mol. The van der Waals surface area contributed by atoms with Gasteiger partial charge in [-0.05, 0) is 12.5 Å². The topological polar surface area (TPSA) is 134 Å². The molecule has 1 aromatic rings. The second-order valence-electron chi connectivity index (χ2n) is 5.03. The highest BCUT2D eigenvalue weighted by atomic mass is 16.6. The van der Waals surface area contributed by atoms with Gasteiger partial charge in [-0.3, -0.25) is 9.36 Å². The molecule has 22 heavy (non-hydrogen) atoms. The number of hydrogen-bond donors (Lipinski definition) is 4. The highest BCUT2D eigenvalue weighted by Crippen LogP contribution is 2.28. The molecule has 1 aromatic heterocycles. The summed E-state index contributed by atoms with van der Waals surface area (Å²) in [6.07, 6.45) is -2.49. The SMILES string of the molecule is CCCC(=O)Nc1ccn([C@@H]2O[C@H](CO)[C@@H](O)[C@@H]2O)c(=O)n1. The molecule has 2 rings (SSSR count). The van der Waals surface area contributed by atoms with E-state index >= 15 is 0 Å². The predicted octanol–water partition coefficient (Wildman–Crippen LogP) is -1.41. The van der Waals surface area contributed by atoms with Gasteiger partial charge < -0.3 is 25.4 Å². The minimum atomic E-state index is -1.36. The van der Waals surface area contributed by atoms with E-state index in [1.165, 1.54) is 12.3 Å². The number of aliphatic hydroxyl groups is 3. The first-order valence-electron chi connectivity index (χ1n) is 6.99. The second kappa shape index (κ2) is 6.97. The van der Waals surface area contributed by atoms with Crippen molar-refractivity contribution in [2.24, 2.45) is 0 Å². The standard InChI is InChI=1S/C13H19N3O6/c1-2-3-9(18)14-8-4-5-16(13(21)15-8)12-11(20)10(19)7(6-17)22-12/h4-5,7,10-12,17,19-20H,2-3,6H2,1H3,(H,14,15,18,21)/t7-,10-,11+,12-/m1/s1. The third-order valence-electron chi connectivity index (χ3n) is 3.37. The Kier molecular flexibility index (Phi) is 5.24. The van der Waals surface area contributed by atoms with Gasteiger partial charge >= 0.3 is 5.69 Å². The summed E-state index contributed by atoms with van der Waals surface area (Å²) in [6.45, 7) is 1.37. The van der Waals surface area contributed by atoms with Crippen molar-refractivity contribution < 1.29 is 24.9 Å². The fourth-order valence-corrected chi connectivity index (χ4v) is 2.22. The molecule has 1 saturated heterocycles. The number of amides is 1. The summed E-state index contributed by atoms with van der Waals surface area (Å²) in [5.41, 5.74) is -0.746. The highest BCUT2D eigenvalue weighted by molar-refractivity contribution is 5.89. The lowest BCUT2D eigenvalue weighted by Gasteiger charge is -2.17. The molecule has 0 aliphatic carbocycles. The molecule has 0 bridgehead atoms. The fourth-order valence-electron chi connectivity index (χ4n) is 2.22. The second-order valence-corrected chi connectivity index (χ2v) is 5.03. The minimum Gasteiger partial charge on any atom is -0.394 e. The van der Waals surface area contributed by atoms with Crippen LogP contribution in [-0.4, -0.2) is 55.7 Å². The van der Waals surface area contributed by atoms with Gasteiger partial charge in [-0.15, -0.1) is 0 Å².